The minimum atomic E-state index is -2.53. The van der Waals surface area contributed by atoms with Crippen LogP contribution >= 0.6 is 11.6 Å². The standard InChI is InChI=1S/C29H32ClF2N9O2/c1-19(15-41-18-35-37-38-41)43-26-11-20(3-5-24(26)30)21-13-33-28(34-14-21)36-25-6-4-23(12-27(25)42-2)39-9-7-22(8-10-39)40-16-29(31,32)17-40/h3-6,11-14,18-19,22H,7-10,15-17H2,1-2H3,(H,33,34,36)/t19-/m0/s1. The van der Waals surface area contributed by atoms with E-state index in [1.165, 1.54) is 6.33 Å². The van der Waals surface area contributed by atoms with Gasteiger partial charge in [-0.25, -0.2) is 23.4 Å². The average molecular weight is 612 g/mol. The fourth-order valence-electron chi connectivity index (χ4n) is 5.49. The smallest absolute Gasteiger partial charge is 0.272 e. The molecule has 0 saturated carbocycles. The van der Waals surface area contributed by atoms with Crippen molar-refractivity contribution in [1.82, 2.24) is 35.1 Å². The van der Waals surface area contributed by atoms with E-state index in [1.807, 2.05) is 42.2 Å². The van der Waals surface area contributed by atoms with Gasteiger partial charge in [0.15, 0.2) is 0 Å². The number of hydrogen-bond donors (Lipinski definition) is 1. The van der Waals surface area contributed by atoms with Gasteiger partial charge in [-0.2, -0.15) is 0 Å². The summed E-state index contributed by atoms with van der Waals surface area (Å²) in [5, 5.41) is 14.9. The maximum absolute atomic E-state index is 13.3. The summed E-state index contributed by atoms with van der Waals surface area (Å²) in [6.45, 7) is 3.77. The highest BCUT2D eigenvalue weighted by Crippen LogP contribution is 2.36. The molecule has 11 nitrogen and oxygen atoms in total. The first-order chi connectivity index (χ1) is 20.8. The first-order valence-corrected chi connectivity index (χ1v) is 14.5. The SMILES string of the molecule is COc1cc(N2CCC(N3CC(F)(F)C3)CC2)ccc1Nc1ncc(-c2ccc(Cl)c(O[C@@H](C)Cn3cnnn3)c2)cn1. The van der Waals surface area contributed by atoms with E-state index in [4.69, 9.17) is 21.1 Å². The van der Waals surface area contributed by atoms with Crippen molar-refractivity contribution in [3.63, 3.8) is 0 Å². The third-order valence-electron chi connectivity index (χ3n) is 7.73. The lowest BCUT2D eigenvalue weighted by Gasteiger charge is -2.47. The first kappa shape index (κ1) is 29.0. The number of likely N-dealkylation sites (tertiary alicyclic amines) is 1. The van der Waals surface area contributed by atoms with Gasteiger partial charge in [-0.3, -0.25) is 4.90 Å². The van der Waals surface area contributed by atoms with Crippen molar-refractivity contribution >= 4 is 28.9 Å². The van der Waals surface area contributed by atoms with E-state index in [9.17, 15) is 8.78 Å². The van der Waals surface area contributed by atoms with Crippen LogP contribution in [0.25, 0.3) is 11.1 Å². The number of nitrogens with zero attached hydrogens (tertiary/aromatic N) is 8. The molecule has 0 unspecified atom stereocenters. The van der Waals surface area contributed by atoms with Crippen LogP contribution in [0.1, 0.15) is 19.8 Å². The quantitative estimate of drug-likeness (QED) is 0.265. The average Bonchev–Trinajstić information content (AvgIpc) is 3.51. The van der Waals surface area contributed by atoms with Gasteiger partial charge in [-0.05, 0) is 60.0 Å². The minimum absolute atomic E-state index is 0.118. The predicted molar refractivity (Wildman–Crippen MR) is 158 cm³/mol. The molecule has 1 N–H and O–H groups in total. The van der Waals surface area contributed by atoms with Crippen LogP contribution in [0, 0.1) is 0 Å². The van der Waals surface area contributed by atoms with Crippen LogP contribution in [0.15, 0.2) is 55.1 Å². The molecule has 0 spiro atoms. The van der Waals surface area contributed by atoms with Crippen LogP contribution in [-0.2, 0) is 6.54 Å². The summed E-state index contributed by atoms with van der Waals surface area (Å²) < 4.78 is 39.9. The maximum atomic E-state index is 13.3. The van der Waals surface area contributed by atoms with Crippen molar-refractivity contribution in [2.45, 2.75) is 44.4 Å². The second-order valence-electron chi connectivity index (χ2n) is 10.9. The largest absolute Gasteiger partial charge is 0.494 e. The lowest BCUT2D eigenvalue weighted by atomic mass is 9.97. The van der Waals surface area contributed by atoms with Gasteiger partial charge >= 0.3 is 0 Å². The van der Waals surface area contributed by atoms with Gasteiger partial charge in [0.1, 0.15) is 23.9 Å². The Morgan fingerprint density at radius 2 is 1.81 bits per heavy atom. The summed E-state index contributed by atoms with van der Waals surface area (Å²) in [5.41, 5.74) is 3.41. The van der Waals surface area contributed by atoms with Gasteiger partial charge in [0, 0.05) is 48.8 Å². The van der Waals surface area contributed by atoms with E-state index in [1.54, 1.807) is 30.3 Å². The highest BCUT2D eigenvalue weighted by Gasteiger charge is 2.46. The molecule has 4 heterocycles. The van der Waals surface area contributed by atoms with Crippen LogP contribution < -0.4 is 19.7 Å². The van der Waals surface area contributed by atoms with E-state index >= 15 is 0 Å². The number of hydrogen-bond acceptors (Lipinski definition) is 10. The Hall–Kier alpha value is -4.10. The molecule has 226 valence electrons. The third-order valence-corrected chi connectivity index (χ3v) is 8.04. The van der Waals surface area contributed by atoms with Crippen LogP contribution in [-0.4, -0.2) is 86.4 Å². The zero-order valence-electron chi connectivity index (χ0n) is 23.8. The summed E-state index contributed by atoms with van der Waals surface area (Å²) in [6, 6.07) is 11.7. The number of rotatable bonds is 10. The zero-order chi connectivity index (χ0) is 30.0. The number of tetrazole rings is 1. The number of benzene rings is 2. The number of halogens is 3. The van der Waals surface area contributed by atoms with Crippen LogP contribution in [0.4, 0.5) is 26.1 Å². The van der Waals surface area contributed by atoms with Gasteiger partial charge < -0.3 is 19.7 Å². The molecule has 2 saturated heterocycles. The number of piperidine rings is 1. The number of aromatic nitrogens is 6. The second kappa shape index (κ2) is 12.3. The highest BCUT2D eigenvalue weighted by molar-refractivity contribution is 6.32. The number of nitrogens with one attached hydrogen (secondary N) is 1. The van der Waals surface area contributed by atoms with E-state index < -0.39 is 5.92 Å². The van der Waals surface area contributed by atoms with Crippen molar-refractivity contribution in [3.8, 4) is 22.6 Å². The summed E-state index contributed by atoms with van der Waals surface area (Å²) in [4.78, 5) is 13.2. The highest BCUT2D eigenvalue weighted by atomic mass is 35.5. The molecular formula is C29H32ClF2N9O2. The monoisotopic (exact) mass is 611 g/mol. The maximum Gasteiger partial charge on any atom is 0.272 e. The number of alkyl halides is 2. The van der Waals surface area contributed by atoms with Crippen LogP contribution in [0.5, 0.6) is 11.5 Å². The Morgan fingerprint density at radius 1 is 1.05 bits per heavy atom. The number of ether oxygens (including phenoxy) is 2. The summed E-state index contributed by atoms with van der Waals surface area (Å²) in [6.07, 6.45) is 6.49. The second-order valence-corrected chi connectivity index (χ2v) is 11.3. The summed E-state index contributed by atoms with van der Waals surface area (Å²) in [5.74, 6) is -0.909. The molecule has 6 rings (SSSR count). The third kappa shape index (κ3) is 6.78. The lowest BCUT2D eigenvalue weighted by molar-refractivity contribution is -0.148. The zero-order valence-corrected chi connectivity index (χ0v) is 24.6. The molecule has 14 heteroatoms. The van der Waals surface area contributed by atoms with Crippen LogP contribution in [0.2, 0.25) is 5.02 Å². The summed E-state index contributed by atoms with van der Waals surface area (Å²) >= 11 is 6.40. The van der Waals surface area contributed by atoms with E-state index in [0.717, 1.165) is 48.4 Å². The molecule has 0 radical (unpaired) electrons. The molecule has 4 aromatic rings. The van der Waals surface area contributed by atoms with Crippen molar-refractivity contribution < 1.29 is 18.3 Å². The fourth-order valence-corrected chi connectivity index (χ4v) is 5.65. The Morgan fingerprint density at radius 3 is 2.49 bits per heavy atom. The van der Waals surface area contributed by atoms with Crippen molar-refractivity contribution in [1.29, 1.82) is 0 Å². The van der Waals surface area contributed by atoms with Crippen molar-refractivity contribution in [2.75, 3.05) is 43.5 Å². The minimum Gasteiger partial charge on any atom is -0.494 e. The topological polar surface area (TPSA) is 106 Å². The van der Waals surface area contributed by atoms with E-state index in [-0.39, 0.29) is 25.2 Å². The molecule has 2 aromatic carbocycles. The molecule has 2 fully saturated rings. The normalized spacial score (nSPS) is 17.7. The molecule has 1 atom stereocenters. The van der Waals surface area contributed by atoms with Gasteiger partial charge in [-0.15, -0.1) is 5.10 Å². The van der Waals surface area contributed by atoms with Crippen LogP contribution in [0.3, 0.4) is 0 Å². The molecule has 2 aliphatic rings. The Kier molecular flexibility index (Phi) is 8.26. The Bertz CT molecular complexity index is 1530. The molecule has 2 aromatic heterocycles. The fraction of sp³-hybridized carbons (Fsp3) is 0.414. The van der Waals surface area contributed by atoms with Gasteiger partial charge in [0.2, 0.25) is 5.95 Å². The first-order valence-electron chi connectivity index (χ1n) is 14.1. The Labute approximate surface area is 252 Å². The molecule has 43 heavy (non-hydrogen) atoms. The molecule has 0 bridgehead atoms. The number of anilines is 3. The predicted octanol–water partition coefficient (Wildman–Crippen LogP) is 4.92. The van der Waals surface area contributed by atoms with Gasteiger partial charge in [-0.1, -0.05) is 17.7 Å². The lowest BCUT2D eigenvalue weighted by Crippen LogP contribution is -2.61. The number of methoxy groups -OCH3 is 1. The van der Waals surface area contributed by atoms with E-state index in [0.29, 0.717) is 29.0 Å². The molecule has 0 aliphatic carbocycles. The molecular weight excluding hydrogens is 580 g/mol. The Balaban J connectivity index is 1.08. The summed E-state index contributed by atoms with van der Waals surface area (Å²) in [7, 11) is 1.62. The van der Waals surface area contributed by atoms with Crippen molar-refractivity contribution in [3.05, 3.63) is 60.1 Å². The van der Waals surface area contributed by atoms with E-state index in [2.05, 4.69) is 35.7 Å². The molecule has 0 amide bonds. The van der Waals surface area contributed by atoms with Gasteiger partial charge in [0.25, 0.3) is 5.92 Å². The molecule has 2 aliphatic heterocycles. The van der Waals surface area contributed by atoms with Gasteiger partial charge in [0.05, 0.1) is 37.5 Å². The van der Waals surface area contributed by atoms with Crippen molar-refractivity contribution in [2.24, 2.45) is 0 Å².